The molecule has 0 N–H and O–H groups in total. The number of carbonyl (C=O) groups excluding carboxylic acids is 1. The second-order valence-electron chi connectivity index (χ2n) is 7.70. The molecule has 7 nitrogen and oxygen atoms in total. The SMILES string of the molecule is CCOC(=O)C1=C(C)N=c2s/c(=C/c3ccc(OCC)cc3)c(=O)n2[C@@H]1c1ccc(OC)c(Br)c1. The summed E-state index contributed by atoms with van der Waals surface area (Å²) in [7, 11) is 1.58. The van der Waals surface area contributed by atoms with Gasteiger partial charge in [0.2, 0.25) is 0 Å². The summed E-state index contributed by atoms with van der Waals surface area (Å²) in [6.07, 6.45) is 1.82. The summed E-state index contributed by atoms with van der Waals surface area (Å²) in [5.41, 5.74) is 2.24. The number of halogens is 1. The normalized spacial score (nSPS) is 15.5. The fraction of sp³-hybridized carbons (Fsp3) is 0.269. The van der Waals surface area contributed by atoms with Gasteiger partial charge in [0.05, 0.1) is 46.6 Å². The Morgan fingerprint density at radius 3 is 2.54 bits per heavy atom. The molecule has 0 saturated carbocycles. The van der Waals surface area contributed by atoms with Gasteiger partial charge in [-0.1, -0.05) is 29.5 Å². The number of fused-ring (bicyclic) bond motifs is 1. The molecule has 35 heavy (non-hydrogen) atoms. The zero-order valence-electron chi connectivity index (χ0n) is 19.8. The Kier molecular flexibility index (Phi) is 7.57. The van der Waals surface area contributed by atoms with Gasteiger partial charge in [-0.3, -0.25) is 9.36 Å². The molecule has 9 heteroatoms. The van der Waals surface area contributed by atoms with E-state index < -0.39 is 12.0 Å². The molecule has 1 atom stereocenters. The maximum absolute atomic E-state index is 13.7. The monoisotopic (exact) mass is 556 g/mol. The number of nitrogens with zero attached hydrogens (tertiary/aromatic N) is 2. The summed E-state index contributed by atoms with van der Waals surface area (Å²) in [4.78, 5) is 31.8. The van der Waals surface area contributed by atoms with Crippen LogP contribution in [0.2, 0.25) is 0 Å². The van der Waals surface area contributed by atoms with Crippen molar-refractivity contribution in [3.8, 4) is 11.5 Å². The number of hydrogen-bond acceptors (Lipinski definition) is 7. The van der Waals surface area contributed by atoms with Crippen molar-refractivity contribution in [2.75, 3.05) is 20.3 Å². The van der Waals surface area contributed by atoms with Crippen LogP contribution in [0.5, 0.6) is 11.5 Å². The first kappa shape index (κ1) is 24.9. The van der Waals surface area contributed by atoms with E-state index in [1.807, 2.05) is 49.4 Å². The standard InChI is InChI=1S/C26H25BrN2O5S/c1-5-33-18-10-7-16(8-11-18)13-21-24(30)29-23(17-9-12-20(32-4)19(27)14-17)22(25(31)34-6-2)15(3)28-26(29)35-21/h7-14,23H,5-6H2,1-4H3/b21-13+/t23-/m1/s1. The molecule has 0 amide bonds. The molecular weight excluding hydrogens is 532 g/mol. The minimum absolute atomic E-state index is 0.219. The topological polar surface area (TPSA) is 79.1 Å². The van der Waals surface area contributed by atoms with E-state index >= 15 is 0 Å². The van der Waals surface area contributed by atoms with Crippen LogP contribution in [0.4, 0.5) is 0 Å². The van der Waals surface area contributed by atoms with E-state index in [-0.39, 0.29) is 12.2 Å². The van der Waals surface area contributed by atoms with E-state index in [1.54, 1.807) is 31.6 Å². The minimum Gasteiger partial charge on any atom is -0.496 e. The number of carbonyl (C=O) groups is 1. The number of rotatable bonds is 7. The van der Waals surface area contributed by atoms with Gasteiger partial charge in [0.25, 0.3) is 5.56 Å². The Bertz CT molecular complexity index is 1470. The van der Waals surface area contributed by atoms with Crippen molar-refractivity contribution in [3.63, 3.8) is 0 Å². The van der Waals surface area contributed by atoms with E-state index in [9.17, 15) is 9.59 Å². The highest BCUT2D eigenvalue weighted by atomic mass is 79.9. The van der Waals surface area contributed by atoms with E-state index in [1.165, 1.54) is 11.3 Å². The molecule has 2 heterocycles. The second kappa shape index (κ2) is 10.6. The lowest BCUT2D eigenvalue weighted by Gasteiger charge is -2.25. The fourth-order valence-electron chi connectivity index (χ4n) is 3.94. The zero-order chi connectivity index (χ0) is 25.1. The van der Waals surface area contributed by atoms with Crippen LogP contribution < -0.4 is 24.4 Å². The number of allylic oxidation sites excluding steroid dienone is 1. The number of esters is 1. The molecule has 0 radical (unpaired) electrons. The Labute approximate surface area is 215 Å². The molecule has 1 aromatic heterocycles. The predicted octanol–water partition coefficient (Wildman–Crippen LogP) is 3.97. The van der Waals surface area contributed by atoms with Gasteiger partial charge in [-0.05, 0) is 78.2 Å². The first-order valence-electron chi connectivity index (χ1n) is 11.1. The van der Waals surface area contributed by atoms with Gasteiger partial charge in [-0.15, -0.1) is 0 Å². The third-order valence-corrected chi connectivity index (χ3v) is 7.10. The van der Waals surface area contributed by atoms with Crippen LogP contribution in [0.1, 0.15) is 37.9 Å². The average molecular weight is 557 g/mol. The van der Waals surface area contributed by atoms with Crippen LogP contribution in [0.3, 0.4) is 0 Å². The Morgan fingerprint density at radius 1 is 1.17 bits per heavy atom. The van der Waals surface area contributed by atoms with Gasteiger partial charge < -0.3 is 14.2 Å². The lowest BCUT2D eigenvalue weighted by molar-refractivity contribution is -0.139. The smallest absolute Gasteiger partial charge is 0.338 e. The van der Waals surface area contributed by atoms with Gasteiger partial charge in [-0.2, -0.15) is 0 Å². The number of thiazole rings is 1. The molecular formula is C26H25BrN2O5S. The minimum atomic E-state index is -0.685. The first-order valence-corrected chi connectivity index (χ1v) is 12.7. The van der Waals surface area contributed by atoms with Crippen molar-refractivity contribution in [2.45, 2.75) is 26.8 Å². The molecule has 182 valence electrons. The molecule has 0 unspecified atom stereocenters. The van der Waals surface area contributed by atoms with E-state index in [0.717, 1.165) is 16.9 Å². The Hall–Kier alpha value is -3.17. The summed E-state index contributed by atoms with van der Waals surface area (Å²) in [6.45, 7) is 6.25. The van der Waals surface area contributed by atoms with Crippen molar-refractivity contribution >= 4 is 39.3 Å². The zero-order valence-corrected chi connectivity index (χ0v) is 22.2. The number of benzene rings is 2. The highest BCUT2D eigenvalue weighted by Crippen LogP contribution is 2.35. The summed E-state index contributed by atoms with van der Waals surface area (Å²) < 4.78 is 19.0. The third kappa shape index (κ3) is 4.97. The van der Waals surface area contributed by atoms with Crippen molar-refractivity contribution < 1.29 is 19.0 Å². The van der Waals surface area contributed by atoms with Crippen LogP contribution in [-0.4, -0.2) is 30.9 Å². The third-order valence-electron chi connectivity index (χ3n) is 5.50. The van der Waals surface area contributed by atoms with Crippen molar-refractivity contribution in [2.24, 2.45) is 4.99 Å². The first-order chi connectivity index (χ1) is 16.9. The molecule has 0 spiro atoms. The van der Waals surface area contributed by atoms with Crippen molar-refractivity contribution in [3.05, 3.63) is 89.0 Å². The molecule has 0 aliphatic carbocycles. The van der Waals surface area contributed by atoms with Gasteiger partial charge >= 0.3 is 5.97 Å². The second-order valence-corrected chi connectivity index (χ2v) is 9.56. The molecule has 4 rings (SSSR count). The summed E-state index contributed by atoms with van der Waals surface area (Å²) in [5, 5.41) is 0. The molecule has 1 aliphatic heterocycles. The number of hydrogen-bond donors (Lipinski definition) is 0. The molecule has 0 saturated heterocycles. The van der Waals surface area contributed by atoms with Crippen LogP contribution in [0.15, 0.2) is 68.0 Å². The largest absolute Gasteiger partial charge is 0.496 e. The van der Waals surface area contributed by atoms with Gasteiger partial charge in [0.1, 0.15) is 11.5 Å². The predicted molar refractivity (Wildman–Crippen MR) is 139 cm³/mol. The van der Waals surface area contributed by atoms with Gasteiger partial charge in [0, 0.05) is 0 Å². The molecule has 2 aromatic carbocycles. The molecule has 0 fully saturated rings. The molecule has 0 bridgehead atoms. The molecule has 3 aromatic rings. The Balaban J connectivity index is 1.90. The van der Waals surface area contributed by atoms with E-state index in [4.69, 9.17) is 14.2 Å². The van der Waals surface area contributed by atoms with Crippen LogP contribution in [0, 0.1) is 0 Å². The van der Waals surface area contributed by atoms with Crippen LogP contribution >= 0.6 is 27.3 Å². The average Bonchev–Trinajstić information content (AvgIpc) is 3.14. The van der Waals surface area contributed by atoms with Crippen molar-refractivity contribution in [1.82, 2.24) is 4.57 Å². The lowest BCUT2D eigenvalue weighted by atomic mass is 9.96. The lowest BCUT2D eigenvalue weighted by Crippen LogP contribution is -2.39. The van der Waals surface area contributed by atoms with Crippen molar-refractivity contribution in [1.29, 1.82) is 0 Å². The molecule has 1 aliphatic rings. The maximum Gasteiger partial charge on any atom is 0.338 e. The number of aromatic nitrogens is 1. The van der Waals surface area contributed by atoms with Gasteiger partial charge in [-0.25, -0.2) is 9.79 Å². The highest BCUT2D eigenvalue weighted by molar-refractivity contribution is 9.10. The van der Waals surface area contributed by atoms with E-state index in [0.29, 0.717) is 37.4 Å². The number of ether oxygens (including phenoxy) is 3. The number of methoxy groups -OCH3 is 1. The highest BCUT2D eigenvalue weighted by Gasteiger charge is 2.33. The quantitative estimate of drug-likeness (QED) is 0.411. The Morgan fingerprint density at radius 2 is 1.91 bits per heavy atom. The van der Waals surface area contributed by atoms with E-state index in [2.05, 4.69) is 20.9 Å². The van der Waals surface area contributed by atoms with Gasteiger partial charge in [0.15, 0.2) is 4.80 Å². The summed E-state index contributed by atoms with van der Waals surface area (Å²) >= 11 is 4.81. The van der Waals surface area contributed by atoms with Crippen LogP contribution in [-0.2, 0) is 9.53 Å². The maximum atomic E-state index is 13.7. The summed E-state index contributed by atoms with van der Waals surface area (Å²) in [5.74, 6) is 0.924. The summed E-state index contributed by atoms with van der Waals surface area (Å²) in [6, 6.07) is 12.3. The fourth-order valence-corrected chi connectivity index (χ4v) is 5.54. The van der Waals surface area contributed by atoms with Crippen LogP contribution in [0.25, 0.3) is 6.08 Å².